The average molecular weight is 480 g/mol. The van der Waals surface area contributed by atoms with Gasteiger partial charge in [-0.25, -0.2) is 0 Å². The Kier molecular flexibility index (Phi) is 6.87. The number of ether oxygens (including phenoxy) is 1. The molecule has 9 heteroatoms. The number of nitrogens with zero attached hydrogens (tertiary/aromatic N) is 2. The predicted octanol–water partition coefficient (Wildman–Crippen LogP) is 4.66. The molecular weight excluding hydrogens is 458 g/mol. The first-order chi connectivity index (χ1) is 16.0. The van der Waals surface area contributed by atoms with Gasteiger partial charge < -0.3 is 15.0 Å². The van der Waals surface area contributed by atoms with Gasteiger partial charge in [0.05, 0.1) is 17.5 Å². The number of thiophene rings is 2. The molecule has 1 aliphatic heterocycles. The van der Waals surface area contributed by atoms with Gasteiger partial charge in [0.15, 0.2) is 6.61 Å². The van der Waals surface area contributed by atoms with Crippen LogP contribution in [0.1, 0.15) is 34.9 Å². The molecule has 2 unspecified atom stereocenters. The normalized spacial score (nSPS) is 17.9. The quantitative estimate of drug-likeness (QED) is 0.519. The van der Waals surface area contributed by atoms with Gasteiger partial charge in [-0.3, -0.25) is 14.4 Å². The Balaban J connectivity index is 1.52. The van der Waals surface area contributed by atoms with Crippen molar-refractivity contribution in [2.45, 2.75) is 25.8 Å². The molecule has 4 rings (SSSR count). The first-order valence-electron chi connectivity index (χ1n) is 10.3. The van der Waals surface area contributed by atoms with E-state index >= 15 is 0 Å². The van der Waals surface area contributed by atoms with Crippen molar-refractivity contribution >= 4 is 51.1 Å². The van der Waals surface area contributed by atoms with Crippen molar-refractivity contribution in [2.24, 2.45) is 5.92 Å². The molecule has 0 saturated carbocycles. The van der Waals surface area contributed by atoms with E-state index in [9.17, 15) is 14.4 Å². The van der Waals surface area contributed by atoms with E-state index in [1.165, 1.54) is 22.7 Å². The number of piperidine rings is 1. The maximum absolute atomic E-state index is 13.1. The second-order valence-electron chi connectivity index (χ2n) is 7.64. The van der Waals surface area contributed by atoms with Crippen LogP contribution in [-0.2, 0) is 19.1 Å². The third-order valence-electron chi connectivity index (χ3n) is 5.43. The summed E-state index contributed by atoms with van der Waals surface area (Å²) in [4.78, 5) is 40.9. The lowest BCUT2D eigenvalue weighted by molar-refractivity contribution is -0.153. The number of carbonyl (C=O) groups is 3. The topological polar surface area (TPSA) is 99.5 Å². The van der Waals surface area contributed by atoms with Gasteiger partial charge in [0, 0.05) is 17.0 Å². The number of carbonyl (C=O) groups excluding carboxylic acids is 3. The van der Waals surface area contributed by atoms with E-state index in [4.69, 9.17) is 10.00 Å². The Morgan fingerprint density at radius 2 is 1.97 bits per heavy atom. The Hall–Kier alpha value is -3.48. The SMILES string of the molecule is Cc1ccc(N2C(=O)CCC(C(=O)OCC(=O)Nc3sccc3C#N)C2c2cccs2)cc1. The molecule has 0 radical (unpaired) electrons. The Bertz CT molecular complexity index is 1200. The monoisotopic (exact) mass is 479 g/mol. The lowest BCUT2D eigenvalue weighted by Crippen LogP contribution is -2.46. The van der Waals surface area contributed by atoms with Crippen LogP contribution in [0.2, 0.25) is 0 Å². The molecular formula is C24H21N3O4S2. The van der Waals surface area contributed by atoms with Crippen LogP contribution in [0.5, 0.6) is 0 Å². The molecule has 0 spiro atoms. The Morgan fingerprint density at radius 3 is 2.67 bits per heavy atom. The molecule has 33 heavy (non-hydrogen) atoms. The molecule has 2 amide bonds. The molecule has 1 fully saturated rings. The van der Waals surface area contributed by atoms with Gasteiger partial charge >= 0.3 is 5.97 Å². The number of hydrogen-bond acceptors (Lipinski definition) is 7. The van der Waals surface area contributed by atoms with E-state index in [1.807, 2.05) is 54.8 Å². The van der Waals surface area contributed by atoms with Crippen LogP contribution < -0.4 is 10.2 Å². The minimum atomic E-state index is -0.605. The highest BCUT2D eigenvalue weighted by Crippen LogP contribution is 2.42. The van der Waals surface area contributed by atoms with Crippen LogP contribution in [0.4, 0.5) is 10.7 Å². The van der Waals surface area contributed by atoms with Crippen LogP contribution in [0, 0.1) is 24.2 Å². The number of aryl methyl sites for hydroxylation is 1. The van der Waals surface area contributed by atoms with Gasteiger partial charge in [-0.05, 0) is 48.4 Å². The summed E-state index contributed by atoms with van der Waals surface area (Å²) in [6.07, 6.45) is 0.552. The first-order valence-corrected chi connectivity index (χ1v) is 12.1. The third kappa shape index (κ3) is 4.97. The number of nitriles is 1. The van der Waals surface area contributed by atoms with Crippen LogP contribution >= 0.6 is 22.7 Å². The standard InChI is InChI=1S/C24H21N3O4S2/c1-15-4-6-17(7-5-15)27-21(29)9-8-18(22(27)19-3-2-11-32-19)24(30)31-14-20(28)26-23-16(13-25)10-12-33-23/h2-7,10-12,18,22H,8-9,14H2,1H3,(H,26,28). The number of benzene rings is 1. The number of anilines is 2. The molecule has 7 nitrogen and oxygen atoms in total. The smallest absolute Gasteiger partial charge is 0.311 e. The van der Waals surface area contributed by atoms with Gasteiger partial charge in [0.2, 0.25) is 5.91 Å². The van der Waals surface area contributed by atoms with Gasteiger partial charge in [0.1, 0.15) is 11.1 Å². The zero-order chi connectivity index (χ0) is 23.4. The van der Waals surface area contributed by atoms with Crippen LogP contribution in [0.3, 0.4) is 0 Å². The van der Waals surface area contributed by atoms with Gasteiger partial charge in [-0.1, -0.05) is 23.8 Å². The number of hydrogen-bond donors (Lipinski definition) is 1. The largest absolute Gasteiger partial charge is 0.455 e. The molecule has 3 heterocycles. The molecule has 168 valence electrons. The number of amides is 2. The lowest BCUT2D eigenvalue weighted by Gasteiger charge is -2.39. The predicted molar refractivity (Wildman–Crippen MR) is 127 cm³/mol. The number of rotatable bonds is 6. The fourth-order valence-electron chi connectivity index (χ4n) is 3.83. The van der Waals surface area contributed by atoms with Crippen molar-refractivity contribution < 1.29 is 19.1 Å². The summed E-state index contributed by atoms with van der Waals surface area (Å²) >= 11 is 2.70. The summed E-state index contributed by atoms with van der Waals surface area (Å²) < 4.78 is 5.37. The van der Waals surface area contributed by atoms with E-state index in [0.29, 0.717) is 17.0 Å². The van der Waals surface area contributed by atoms with Gasteiger partial charge in [-0.15, -0.1) is 22.7 Å². The fourth-order valence-corrected chi connectivity index (χ4v) is 5.47. The second-order valence-corrected chi connectivity index (χ2v) is 9.53. The highest BCUT2D eigenvalue weighted by atomic mass is 32.1. The molecule has 1 saturated heterocycles. The molecule has 3 aromatic rings. The van der Waals surface area contributed by atoms with Crippen molar-refractivity contribution in [2.75, 3.05) is 16.8 Å². The summed E-state index contributed by atoms with van der Waals surface area (Å²) in [5, 5.41) is 15.7. The summed E-state index contributed by atoms with van der Waals surface area (Å²) in [5.74, 6) is -1.70. The minimum absolute atomic E-state index is 0.0548. The van der Waals surface area contributed by atoms with Crippen LogP contribution in [-0.4, -0.2) is 24.4 Å². The van der Waals surface area contributed by atoms with Crippen molar-refractivity contribution in [3.05, 3.63) is 69.2 Å². The maximum Gasteiger partial charge on any atom is 0.311 e. The van der Waals surface area contributed by atoms with Crippen molar-refractivity contribution in [1.29, 1.82) is 5.26 Å². The zero-order valence-corrected chi connectivity index (χ0v) is 19.4. The molecule has 1 aromatic carbocycles. The first kappa shape index (κ1) is 22.7. The van der Waals surface area contributed by atoms with Crippen molar-refractivity contribution in [1.82, 2.24) is 0 Å². The highest BCUT2D eigenvalue weighted by Gasteiger charge is 2.43. The van der Waals surface area contributed by atoms with E-state index in [1.54, 1.807) is 16.3 Å². The molecule has 0 bridgehead atoms. The van der Waals surface area contributed by atoms with Crippen LogP contribution in [0.25, 0.3) is 0 Å². The molecule has 2 atom stereocenters. The van der Waals surface area contributed by atoms with Crippen molar-refractivity contribution in [3.63, 3.8) is 0 Å². The number of nitrogens with one attached hydrogen (secondary N) is 1. The lowest BCUT2D eigenvalue weighted by atomic mass is 9.87. The fraction of sp³-hybridized carbons (Fsp3) is 0.250. The molecule has 1 aliphatic rings. The average Bonchev–Trinajstić information content (AvgIpc) is 3.50. The molecule has 0 aliphatic carbocycles. The molecule has 1 N–H and O–H groups in total. The van der Waals surface area contributed by atoms with E-state index in [0.717, 1.165) is 16.1 Å². The summed E-state index contributed by atoms with van der Waals surface area (Å²) in [6.45, 7) is 1.51. The van der Waals surface area contributed by atoms with Crippen LogP contribution in [0.15, 0.2) is 53.2 Å². The van der Waals surface area contributed by atoms with E-state index < -0.39 is 30.4 Å². The Labute approximate surface area is 199 Å². The highest BCUT2D eigenvalue weighted by molar-refractivity contribution is 7.14. The Morgan fingerprint density at radius 1 is 1.18 bits per heavy atom. The maximum atomic E-state index is 13.1. The number of esters is 1. The zero-order valence-electron chi connectivity index (χ0n) is 17.8. The second kappa shape index (κ2) is 9.98. The molecule has 2 aromatic heterocycles. The van der Waals surface area contributed by atoms with Crippen molar-refractivity contribution in [3.8, 4) is 6.07 Å². The van der Waals surface area contributed by atoms with E-state index in [2.05, 4.69) is 5.32 Å². The van der Waals surface area contributed by atoms with Gasteiger partial charge in [-0.2, -0.15) is 5.26 Å². The summed E-state index contributed by atoms with van der Waals surface area (Å²) in [6, 6.07) is 14.5. The minimum Gasteiger partial charge on any atom is -0.455 e. The third-order valence-corrected chi connectivity index (χ3v) is 7.20. The van der Waals surface area contributed by atoms with E-state index in [-0.39, 0.29) is 12.3 Å². The summed E-state index contributed by atoms with van der Waals surface area (Å²) in [5.41, 5.74) is 2.15. The van der Waals surface area contributed by atoms with Gasteiger partial charge in [0.25, 0.3) is 5.91 Å². The summed E-state index contributed by atoms with van der Waals surface area (Å²) in [7, 11) is 0.